The summed E-state index contributed by atoms with van der Waals surface area (Å²) >= 11 is 0. The maximum atomic E-state index is 5.59. The van der Waals surface area contributed by atoms with Gasteiger partial charge in [0.1, 0.15) is 0 Å². The van der Waals surface area contributed by atoms with Gasteiger partial charge in [-0.2, -0.15) is 0 Å². The van der Waals surface area contributed by atoms with Crippen molar-refractivity contribution in [2.45, 2.75) is 33.1 Å². The minimum atomic E-state index is 0.655. The van der Waals surface area contributed by atoms with Crippen LogP contribution in [-0.2, 0) is 0 Å². The average molecular weight is 158 g/mol. The average Bonchev–Trinajstić information content (AvgIpc) is 1.97. The minimum Gasteiger partial charge on any atom is -0.330 e. The molecule has 2 heteroatoms. The van der Waals surface area contributed by atoms with Gasteiger partial charge >= 0.3 is 0 Å². The van der Waals surface area contributed by atoms with E-state index in [2.05, 4.69) is 13.8 Å². The molecule has 0 aliphatic rings. The van der Waals surface area contributed by atoms with Gasteiger partial charge in [-0.15, -0.1) is 0 Å². The lowest BCUT2D eigenvalue weighted by molar-refractivity contribution is 0.412. The second kappa shape index (κ2) is 6.62. The molecule has 0 aromatic carbocycles. The molecule has 0 aliphatic carbocycles. The van der Waals surface area contributed by atoms with Gasteiger partial charge in [-0.1, -0.05) is 20.3 Å². The van der Waals surface area contributed by atoms with Crippen LogP contribution in [0.1, 0.15) is 33.1 Å². The van der Waals surface area contributed by atoms with Crippen LogP contribution >= 0.6 is 0 Å². The van der Waals surface area contributed by atoms with Gasteiger partial charge in [0.25, 0.3) is 0 Å². The third-order valence-corrected chi connectivity index (χ3v) is 2.06. The van der Waals surface area contributed by atoms with E-state index in [4.69, 9.17) is 11.5 Å². The first-order valence-corrected chi connectivity index (χ1v) is 4.60. The zero-order valence-electron chi connectivity index (χ0n) is 7.84. The molecule has 0 saturated heterocycles. The van der Waals surface area contributed by atoms with E-state index in [1.54, 1.807) is 0 Å². The van der Waals surface area contributed by atoms with E-state index >= 15 is 0 Å². The second-order valence-corrected chi connectivity index (χ2v) is 3.65. The van der Waals surface area contributed by atoms with Crippen molar-refractivity contribution in [3.8, 4) is 0 Å². The summed E-state index contributed by atoms with van der Waals surface area (Å²) in [6.07, 6.45) is 3.61. The van der Waals surface area contributed by atoms with Crippen LogP contribution in [0.5, 0.6) is 0 Å². The number of rotatable bonds is 6. The molecule has 0 heterocycles. The van der Waals surface area contributed by atoms with Gasteiger partial charge in [-0.3, -0.25) is 0 Å². The molecule has 68 valence electrons. The summed E-state index contributed by atoms with van der Waals surface area (Å²) in [6.45, 7) is 6.07. The first-order valence-electron chi connectivity index (χ1n) is 4.60. The van der Waals surface area contributed by atoms with Crippen molar-refractivity contribution in [1.82, 2.24) is 0 Å². The molecule has 0 aromatic heterocycles. The van der Waals surface area contributed by atoms with E-state index < -0.39 is 0 Å². The van der Waals surface area contributed by atoms with E-state index in [0.717, 1.165) is 25.4 Å². The molecule has 0 saturated carbocycles. The predicted octanol–water partition coefficient (Wildman–Crippen LogP) is 1.35. The van der Waals surface area contributed by atoms with Crippen LogP contribution in [0.2, 0.25) is 0 Å². The van der Waals surface area contributed by atoms with Crippen molar-refractivity contribution in [3.05, 3.63) is 0 Å². The Bertz CT molecular complexity index is 81.6. The standard InChI is InChI=1S/C9H22N2/c1-8(2)3-4-9(7-11)5-6-10/h8-9H,3-7,10-11H2,1-2H3. The lowest BCUT2D eigenvalue weighted by Crippen LogP contribution is -2.18. The Kier molecular flexibility index (Phi) is 6.57. The Balaban J connectivity index is 3.35. The van der Waals surface area contributed by atoms with Crippen molar-refractivity contribution in [3.63, 3.8) is 0 Å². The van der Waals surface area contributed by atoms with E-state index in [1.807, 2.05) is 0 Å². The first kappa shape index (κ1) is 10.9. The van der Waals surface area contributed by atoms with Gasteiger partial charge < -0.3 is 11.5 Å². The molecule has 0 bridgehead atoms. The van der Waals surface area contributed by atoms with E-state index in [9.17, 15) is 0 Å². The Morgan fingerprint density at radius 3 is 2.00 bits per heavy atom. The summed E-state index contributed by atoms with van der Waals surface area (Å²) in [5.41, 5.74) is 11.0. The Morgan fingerprint density at radius 2 is 1.64 bits per heavy atom. The highest BCUT2D eigenvalue weighted by Gasteiger charge is 2.05. The van der Waals surface area contributed by atoms with Crippen LogP contribution in [0.15, 0.2) is 0 Å². The van der Waals surface area contributed by atoms with Crippen LogP contribution in [-0.4, -0.2) is 13.1 Å². The molecule has 0 fully saturated rings. The Morgan fingerprint density at radius 1 is 1.00 bits per heavy atom. The Hall–Kier alpha value is -0.0800. The maximum absolute atomic E-state index is 5.59. The smallest absolute Gasteiger partial charge is 0.00484 e. The van der Waals surface area contributed by atoms with E-state index in [-0.39, 0.29) is 0 Å². The molecule has 0 aromatic rings. The first-order chi connectivity index (χ1) is 5.20. The summed E-state index contributed by atoms with van der Waals surface area (Å²) in [6, 6.07) is 0. The molecule has 4 N–H and O–H groups in total. The van der Waals surface area contributed by atoms with Crippen molar-refractivity contribution in [2.75, 3.05) is 13.1 Å². The minimum absolute atomic E-state index is 0.655. The molecule has 0 spiro atoms. The largest absolute Gasteiger partial charge is 0.330 e. The highest BCUT2D eigenvalue weighted by Crippen LogP contribution is 2.13. The van der Waals surface area contributed by atoms with Crippen LogP contribution in [0, 0.1) is 11.8 Å². The zero-order chi connectivity index (χ0) is 8.69. The van der Waals surface area contributed by atoms with E-state index in [0.29, 0.717) is 5.92 Å². The van der Waals surface area contributed by atoms with Crippen molar-refractivity contribution in [2.24, 2.45) is 23.3 Å². The molecule has 1 atom stereocenters. The molecule has 2 nitrogen and oxygen atoms in total. The molecule has 0 rings (SSSR count). The third-order valence-electron chi connectivity index (χ3n) is 2.06. The quantitative estimate of drug-likeness (QED) is 0.613. The van der Waals surface area contributed by atoms with Crippen LogP contribution < -0.4 is 11.5 Å². The fraction of sp³-hybridized carbons (Fsp3) is 1.00. The summed E-state index contributed by atoms with van der Waals surface area (Å²) in [5, 5.41) is 0. The molecule has 0 amide bonds. The highest BCUT2D eigenvalue weighted by molar-refractivity contribution is 4.61. The van der Waals surface area contributed by atoms with Gasteiger partial charge in [0.05, 0.1) is 0 Å². The molecular formula is C9H22N2. The zero-order valence-corrected chi connectivity index (χ0v) is 7.84. The SMILES string of the molecule is CC(C)CCC(CN)CCN. The third kappa shape index (κ3) is 6.32. The predicted molar refractivity (Wildman–Crippen MR) is 50.3 cm³/mol. The number of nitrogens with two attached hydrogens (primary N) is 2. The summed E-state index contributed by atoms with van der Waals surface area (Å²) in [4.78, 5) is 0. The fourth-order valence-corrected chi connectivity index (χ4v) is 1.18. The molecule has 0 aliphatic heterocycles. The van der Waals surface area contributed by atoms with Gasteiger partial charge in [0.2, 0.25) is 0 Å². The second-order valence-electron chi connectivity index (χ2n) is 3.65. The normalized spacial score (nSPS) is 13.9. The lowest BCUT2D eigenvalue weighted by atomic mass is 9.95. The summed E-state index contributed by atoms with van der Waals surface area (Å²) < 4.78 is 0. The van der Waals surface area contributed by atoms with Gasteiger partial charge in [-0.25, -0.2) is 0 Å². The summed E-state index contributed by atoms with van der Waals surface area (Å²) in [7, 11) is 0. The van der Waals surface area contributed by atoms with Crippen molar-refractivity contribution >= 4 is 0 Å². The van der Waals surface area contributed by atoms with Gasteiger partial charge in [0, 0.05) is 0 Å². The Labute approximate surface area is 70.3 Å². The van der Waals surface area contributed by atoms with Crippen molar-refractivity contribution in [1.29, 1.82) is 0 Å². The maximum Gasteiger partial charge on any atom is -0.00484 e. The van der Waals surface area contributed by atoms with Crippen LogP contribution in [0.3, 0.4) is 0 Å². The fourth-order valence-electron chi connectivity index (χ4n) is 1.18. The molecule has 11 heavy (non-hydrogen) atoms. The monoisotopic (exact) mass is 158 g/mol. The number of hydrogen-bond donors (Lipinski definition) is 2. The lowest BCUT2D eigenvalue weighted by Gasteiger charge is -2.14. The van der Waals surface area contributed by atoms with Crippen molar-refractivity contribution < 1.29 is 0 Å². The van der Waals surface area contributed by atoms with Crippen LogP contribution in [0.25, 0.3) is 0 Å². The number of hydrogen-bond acceptors (Lipinski definition) is 2. The summed E-state index contributed by atoms with van der Waals surface area (Å²) in [5.74, 6) is 1.45. The van der Waals surface area contributed by atoms with E-state index in [1.165, 1.54) is 12.8 Å². The topological polar surface area (TPSA) is 52.0 Å². The van der Waals surface area contributed by atoms with Gasteiger partial charge in [0.15, 0.2) is 0 Å². The highest BCUT2D eigenvalue weighted by atomic mass is 14.6. The van der Waals surface area contributed by atoms with Gasteiger partial charge in [-0.05, 0) is 37.8 Å². The molecular weight excluding hydrogens is 136 g/mol. The van der Waals surface area contributed by atoms with Crippen LogP contribution in [0.4, 0.5) is 0 Å². The molecule has 1 unspecified atom stereocenters. The molecule has 0 radical (unpaired) electrons.